The van der Waals surface area contributed by atoms with Gasteiger partial charge >= 0.3 is 0 Å². The SMILES string of the molecule is CCN(CC)C(C)(CC)C(O)Cc1cc(Br)ccc1OC. The van der Waals surface area contributed by atoms with E-state index in [1.54, 1.807) is 7.11 Å². The zero-order chi connectivity index (χ0) is 16.0. The highest BCUT2D eigenvalue weighted by atomic mass is 79.9. The summed E-state index contributed by atoms with van der Waals surface area (Å²) >= 11 is 3.49. The van der Waals surface area contributed by atoms with E-state index in [4.69, 9.17) is 4.74 Å². The molecule has 0 radical (unpaired) electrons. The lowest BCUT2D eigenvalue weighted by Gasteiger charge is -2.43. The molecule has 3 nitrogen and oxygen atoms in total. The van der Waals surface area contributed by atoms with Gasteiger partial charge in [0.1, 0.15) is 5.75 Å². The number of ether oxygens (including phenoxy) is 1. The molecule has 1 N–H and O–H groups in total. The Hall–Kier alpha value is -0.580. The lowest BCUT2D eigenvalue weighted by atomic mass is 9.85. The number of benzene rings is 1. The van der Waals surface area contributed by atoms with E-state index in [1.807, 2.05) is 18.2 Å². The summed E-state index contributed by atoms with van der Waals surface area (Å²) in [6, 6.07) is 5.92. The summed E-state index contributed by atoms with van der Waals surface area (Å²) in [5, 5.41) is 10.9. The molecule has 2 atom stereocenters. The van der Waals surface area contributed by atoms with Crippen molar-refractivity contribution >= 4 is 15.9 Å². The molecule has 0 fully saturated rings. The predicted octanol–water partition coefficient (Wildman–Crippen LogP) is 3.87. The van der Waals surface area contributed by atoms with Gasteiger partial charge in [0.25, 0.3) is 0 Å². The summed E-state index contributed by atoms with van der Waals surface area (Å²) in [4.78, 5) is 2.34. The van der Waals surface area contributed by atoms with E-state index in [0.717, 1.165) is 35.3 Å². The van der Waals surface area contributed by atoms with Crippen LogP contribution in [0.2, 0.25) is 0 Å². The third kappa shape index (κ3) is 4.21. The van der Waals surface area contributed by atoms with Crippen molar-refractivity contribution in [3.8, 4) is 5.75 Å². The van der Waals surface area contributed by atoms with Crippen LogP contribution in [0.25, 0.3) is 0 Å². The van der Waals surface area contributed by atoms with Crippen LogP contribution in [-0.2, 0) is 6.42 Å². The number of likely N-dealkylation sites (N-methyl/N-ethyl adjacent to an activating group) is 1. The molecule has 4 heteroatoms. The second kappa shape index (κ2) is 8.16. The first-order chi connectivity index (χ1) is 9.92. The Labute approximate surface area is 137 Å². The number of hydrogen-bond donors (Lipinski definition) is 1. The van der Waals surface area contributed by atoms with Gasteiger partial charge in [0.05, 0.1) is 13.2 Å². The molecule has 0 aliphatic rings. The molecule has 2 unspecified atom stereocenters. The Bertz CT molecular complexity index is 448. The second-order valence-electron chi connectivity index (χ2n) is 5.56. The van der Waals surface area contributed by atoms with E-state index in [-0.39, 0.29) is 5.54 Å². The lowest BCUT2D eigenvalue weighted by molar-refractivity contribution is -0.0192. The minimum absolute atomic E-state index is 0.225. The van der Waals surface area contributed by atoms with Gasteiger partial charge in [0.2, 0.25) is 0 Å². The predicted molar refractivity (Wildman–Crippen MR) is 92.0 cm³/mol. The molecule has 0 saturated heterocycles. The number of halogens is 1. The highest BCUT2D eigenvalue weighted by molar-refractivity contribution is 9.10. The average molecular weight is 358 g/mol. The van der Waals surface area contributed by atoms with Crippen LogP contribution < -0.4 is 4.74 Å². The van der Waals surface area contributed by atoms with E-state index >= 15 is 0 Å². The number of methoxy groups -OCH3 is 1. The van der Waals surface area contributed by atoms with Gasteiger partial charge in [-0.15, -0.1) is 0 Å². The number of hydrogen-bond acceptors (Lipinski definition) is 3. The summed E-state index contributed by atoms with van der Waals surface area (Å²) in [5.74, 6) is 0.829. The molecule has 1 aromatic carbocycles. The monoisotopic (exact) mass is 357 g/mol. The molecular formula is C17H28BrNO2. The first-order valence-corrected chi connectivity index (χ1v) is 8.47. The smallest absolute Gasteiger partial charge is 0.122 e. The Morgan fingerprint density at radius 3 is 2.38 bits per heavy atom. The van der Waals surface area contributed by atoms with Crippen LogP contribution >= 0.6 is 15.9 Å². The highest BCUT2D eigenvalue weighted by Gasteiger charge is 2.36. The fourth-order valence-corrected chi connectivity index (χ4v) is 3.36. The quantitative estimate of drug-likeness (QED) is 0.766. The highest BCUT2D eigenvalue weighted by Crippen LogP contribution is 2.30. The average Bonchev–Trinajstić information content (AvgIpc) is 2.48. The maximum Gasteiger partial charge on any atom is 0.122 e. The zero-order valence-corrected chi connectivity index (χ0v) is 15.4. The molecule has 21 heavy (non-hydrogen) atoms. The molecule has 1 rings (SSSR count). The van der Waals surface area contributed by atoms with E-state index in [0.29, 0.717) is 6.42 Å². The van der Waals surface area contributed by atoms with Crippen LogP contribution in [0, 0.1) is 0 Å². The third-order valence-electron chi connectivity index (χ3n) is 4.58. The Kier molecular flexibility index (Phi) is 7.17. The first kappa shape index (κ1) is 18.5. The van der Waals surface area contributed by atoms with Gasteiger partial charge in [0, 0.05) is 16.4 Å². The maximum absolute atomic E-state index is 10.9. The normalized spacial score (nSPS) is 15.8. The van der Waals surface area contributed by atoms with Crippen LogP contribution in [0.1, 0.15) is 39.7 Å². The number of nitrogens with zero attached hydrogens (tertiary/aromatic N) is 1. The van der Waals surface area contributed by atoms with Crippen molar-refractivity contribution in [2.45, 2.75) is 52.2 Å². The van der Waals surface area contributed by atoms with Gasteiger partial charge in [-0.2, -0.15) is 0 Å². The molecule has 120 valence electrons. The number of aliphatic hydroxyl groups is 1. The Balaban J connectivity index is 3.02. The number of aliphatic hydroxyl groups excluding tert-OH is 1. The van der Waals surface area contributed by atoms with Crippen molar-refractivity contribution in [3.05, 3.63) is 28.2 Å². The van der Waals surface area contributed by atoms with Gasteiger partial charge < -0.3 is 9.84 Å². The van der Waals surface area contributed by atoms with E-state index in [1.165, 1.54) is 0 Å². The van der Waals surface area contributed by atoms with Crippen molar-refractivity contribution in [2.24, 2.45) is 0 Å². The molecular weight excluding hydrogens is 330 g/mol. The lowest BCUT2D eigenvalue weighted by Crippen LogP contribution is -2.54. The van der Waals surface area contributed by atoms with Gasteiger partial charge in [-0.1, -0.05) is 36.7 Å². The number of rotatable bonds is 8. The molecule has 0 aromatic heterocycles. The van der Waals surface area contributed by atoms with E-state index in [2.05, 4.69) is 48.5 Å². The molecule has 0 saturated carbocycles. The topological polar surface area (TPSA) is 32.7 Å². The standard InChI is InChI=1S/C17H28BrNO2/c1-6-17(4,19(7-2)8-3)16(20)12-13-11-14(18)9-10-15(13)21-5/h9-11,16,20H,6-8,12H2,1-5H3. The molecule has 1 aromatic rings. The van der Waals surface area contributed by atoms with Gasteiger partial charge in [-0.3, -0.25) is 4.90 Å². The van der Waals surface area contributed by atoms with E-state index < -0.39 is 6.10 Å². The maximum atomic E-state index is 10.9. The molecule has 0 amide bonds. The van der Waals surface area contributed by atoms with Crippen molar-refractivity contribution in [2.75, 3.05) is 20.2 Å². The summed E-state index contributed by atoms with van der Waals surface area (Å²) in [6.45, 7) is 10.4. The molecule has 0 bridgehead atoms. The summed E-state index contributed by atoms with van der Waals surface area (Å²) in [7, 11) is 1.67. The zero-order valence-electron chi connectivity index (χ0n) is 13.8. The van der Waals surface area contributed by atoms with Crippen LogP contribution in [0.4, 0.5) is 0 Å². The molecule has 0 heterocycles. The Morgan fingerprint density at radius 2 is 1.90 bits per heavy atom. The van der Waals surface area contributed by atoms with E-state index in [9.17, 15) is 5.11 Å². The van der Waals surface area contributed by atoms with Crippen LogP contribution in [-0.4, -0.2) is 41.8 Å². The molecule has 0 aliphatic heterocycles. The van der Waals surface area contributed by atoms with Crippen LogP contribution in [0.15, 0.2) is 22.7 Å². The summed E-state index contributed by atoms with van der Waals surface area (Å²) in [6.07, 6.45) is 1.06. The van der Waals surface area contributed by atoms with Crippen molar-refractivity contribution in [3.63, 3.8) is 0 Å². The van der Waals surface area contributed by atoms with Gasteiger partial charge in [0.15, 0.2) is 0 Å². The minimum Gasteiger partial charge on any atom is -0.496 e. The largest absolute Gasteiger partial charge is 0.496 e. The Morgan fingerprint density at radius 1 is 1.29 bits per heavy atom. The third-order valence-corrected chi connectivity index (χ3v) is 5.07. The van der Waals surface area contributed by atoms with Gasteiger partial charge in [-0.05, 0) is 50.2 Å². The fourth-order valence-electron chi connectivity index (χ4n) is 2.95. The van der Waals surface area contributed by atoms with Crippen molar-refractivity contribution in [1.82, 2.24) is 4.90 Å². The first-order valence-electron chi connectivity index (χ1n) is 7.68. The van der Waals surface area contributed by atoms with Gasteiger partial charge in [-0.25, -0.2) is 0 Å². The van der Waals surface area contributed by atoms with Crippen molar-refractivity contribution < 1.29 is 9.84 Å². The van der Waals surface area contributed by atoms with Crippen LogP contribution in [0.5, 0.6) is 5.75 Å². The second-order valence-corrected chi connectivity index (χ2v) is 6.47. The molecule has 0 spiro atoms. The summed E-state index contributed by atoms with van der Waals surface area (Å²) < 4.78 is 6.42. The molecule has 0 aliphatic carbocycles. The minimum atomic E-state index is -0.439. The van der Waals surface area contributed by atoms with Crippen molar-refractivity contribution in [1.29, 1.82) is 0 Å². The summed E-state index contributed by atoms with van der Waals surface area (Å²) in [5.41, 5.74) is 0.808. The van der Waals surface area contributed by atoms with Crippen LogP contribution in [0.3, 0.4) is 0 Å². The fraction of sp³-hybridized carbons (Fsp3) is 0.647.